The van der Waals surface area contributed by atoms with E-state index in [1.54, 1.807) is 30.2 Å². The van der Waals surface area contributed by atoms with E-state index in [0.29, 0.717) is 43.1 Å². The van der Waals surface area contributed by atoms with Gasteiger partial charge in [-0.15, -0.1) is 0 Å². The Hall–Kier alpha value is -3.14. The van der Waals surface area contributed by atoms with Crippen LogP contribution in [0, 0.1) is 17.8 Å². The van der Waals surface area contributed by atoms with E-state index in [2.05, 4.69) is 0 Å². The van der Waals surface area contributed by atoms with Crippen molar-refractivity contribution in [2.75, 3.05) is 45.4 Å². The third-order valence-corrected chi connectivity index (χ3v) is 7.53. The van der Waals surface area contributed by atoms with Gasteiger partial charge in [-0.05, 0) is 45.7 Å². The minimum Gasteiger partial charge on any atom is -0.493 e. The maximum Gasteiger partial charge on any atom is 0.410 e. The van der Waals surface area contributed by atoms with Gasteiger partial charge >= 0.3 is 12.1 Å². The van der Waals surface area contributed by atoms with Gasteiger partial charge in [0.1, 0.15) is 11.4 Å². The maximum absolute atomic E-state index is 14.1. The Balaban J connectivity index is 1.71. The van der Waals surface area contributed by atoms with Crippen LogP contribution in [0.2, 0.25) is 0 Å². The summed E-state index contributed by atoms with van der Waals surface area (Å²) in [6.45, 7) is 6.36. The highest BCUT2D eigenvalue weighted by molar-refractivity contribution is 6.00. The summed E-state index contributed by atoms with van der Waals surface area (Å²) < 4.78 is 21.9. The molecule has 2 aliphatic heterocycles. The molecule has 2 saturated heterocycles. The zero-order chi connectivity index (χ0) is 26.9. The average Bonchev–Trinajstić information content (AvgIpc) is 3.66. The average molecular weight is 517 g/mol. The van der Waals surface area contributed by atoms with Crippen LogP contribution in [-0.4, -0.2) is 80.8 Å². The molecule has 3 fully saturated rings. The van der Waals surface area contributed by atoms with Gasteiger partial charge < -0.3 is 28.7 Å². The summed E-state index contributed by atoms with van der Waals surface area (Å²) in [5, 5.41) is 0. The molecule has 4 rings (SSSR count). The molecular formula is C27H36N2O8. The van der Waals surface area contributed by atoms with Crippen LogP contribution in [0.3, 0.4) is 0 Å². The van der Waals surface area contributed by atoms with Gasteiger partial charge in [-0.1, -0.05) is 0 Å². The molecule has 2 amide bonds. The molecule has 10 nitrogen and oxygen atoms in total. The standard InChI is InChI=1S/C27H36N2O8/c1-16(30)20-8-7-19(12-23(20)36-10-6-9-34-4)29-22-13-21(22)27(2,3)37-26(33)28-14-17(24(29)31)11-18(15-28)25(32)35-5/h7-8,12,17-18,21-22H,6,9-11,13-15H2,1-5H3/t17-,18?,21?,22?/m1/s1. The van der Waals surface area contributed by atoms with Gasteiger partial charge in [-0.25, -0.2) is 4.79 Å². The van der Waals surface area contributed by atoms with Crippen molar-refractivity contribution >= 4 is 29.4 Å². The summed E-state index contributed by atoms with van der Waals surface area (Å²) in [4.78, 5) is 55.0. The molecule has 0 radical (unpaired) electrons. The van der Waals surface area contributed by atoms with E-state index < -0.39 is 29.5 Å². The molecule has 0 N–H and O–H groups in total. The van der Waals surface area contributed by atoms with E-state index in [-0.39, 0.29) is 43.2 Å². The predicted octanol–water partition coefficient (Wildman–Crippen LogP) is 3.07. The highest BCUT2D eigenvalue weighted by Crippen LogP contribution is 2.49. The monoisotopic (exact) mass is 516 g/mol. The van der Waals surface area contributed by atoms with Crippen LogP contribution in [0.25, 0.3) is 0 Å². The number of esters is 1. The molecule has 10 heteroatoms. The number of hydrogen-bond donors (Lipinski definition) is 0. The van der Waals surface area contributed by atoms with Gasteiger partial charge in [0.25, 0.3) is 0 Å². The van der Waals surface area contributed by atoms with Crippen molar-refractivity contribution in [1.82, 2.24) is 4.90 Å². The zero-order valence-corrected chi connectivity index (χ0v) is 22.2. The summed E-state index contributed by atoms with van der Waals surface area (Å²) in [6, 6.07) is 4.99. The predicted molar refractivity (Wildman–Crippen MR) is 134 cm³/mol. The van der Waals surface area contributed by atoms with Gasteiger partial charge in [0.05, 0.1) is 31.1 Å². The van der Waals surface area contributed by atoms with Crippen LogP contribution in [-0.2, 0) is 23.8 Å². The molecule has 202 valence electrons. The maximum atomic E-state index is 14.1. The van der Waals surface area contributed by atoms with E-state index in [9.17, 15) is 19.2 Å². The number of Topliss-reactive ketones (excluding diaryl/α,β-unsaturated/α-hetero) is 1. The molecule has 0 aromatic heterocycles. The van der Waals surface area contributed by atoms with Crippen molar-refractivity contribution < 1.29 is 38.1 Å². The third-order valence-electron chi connectivity index (χ3n) is 7.53. The van der Waals surface area contributed by atoms with E-state index in [4.69, 9.17) is 18.9 Å². The third kappa shape index (κ3) is 5.58. The minimum absolute atomic E-state index is 0.0598. The lowest BCUT2D eigenvalue weighted by Gasteiger charge is -2.41. The summed E-state index contributed by atoms with van der Waals surface area (Å²) in [5.41, 5.74) is 0.231. The quantitative estimate of drug-likeness (QED) is 0.294. The summed E-state index contributed by atoms with van der Waals surface area (Å²) >= 11 is 0. The number of hydrogen-bond acceptors (Lipinski definition) is 8. The smallest absolute Gasteiger partial charge is 0.410 e. The van der Waals surface area contributed by atoms with Gasteiger partial charge in [-0.3, -0.25) is 14.4 Å². The van der Waals surface area contributed by atoms with Crippen molar-refractivity contribution in [3.05, 3.63) is 23.8 Å². The van der Waals surface area contributed by atoms with Crippen molar-refractivity contribution in [2.45, 2.75) is 51.7 Å². The Kier molecular flexibility index (Phi) is 7.77. The van der Waals surface area contributed by atoms with Crippen LogP contribution >= 0.6 is 0 Å². The fourth-order valence-electron chi connectivity index (χ4n) is 5.48. The molecule has 1 aliphatic carbocycles. The Labute approximate surface area is 217 Å². The van der Waals surface area contributed by atoms with Crippen LogP contribution in [0.1, 0.15) is 50.4 Å². The zero-order valence-electron chi connectivity index (χ0n) is 22.2. The Bertz CT molecular complexity index is 1070. The SMILES string of the molecule is COCCCOc1cc(N2C(=O)[C@@H]3CC(C(=O)OC)CN(C3)C(=O)OC(C)(C)C3CC32)ccc1C(C)=O. The van der Waals surface area contributed by atoms with Gasteiger partial charge in [0, 0.05) is 56.9 Å². The number of amides is 2. The number of carbonyl (C=O) groups is 4. The molecular weight excluding hydrogens is 480 g/mol. The molecule has 1 saturated carbocycles. The lowest BCUT2D eigenvalue weighted by atomic mass is 9.87. The Morgan fingerprint density at radius 3 is 2.54 bits per heavy atom. The van der Waals surface area contributed by atoms with Gasteiger partial charge in [0.2, 0.25) is 5.91 Å². The molecule has 3 unspecified atom stereocenters. The van der Waals surface area contributed by atoms with E-state index in [0.717, 1.165) is 0 Å². The first kappa shape index (κ1) is 26.9. The normalized spacial score (nSPS) is 26.6. The lowest BCUT2D eigenvalue weighted by Crippen LogP contribution is -2.54. The van der Waals surface area contributed by atoms with E-state index >= 15 is 0 Å². The second kappa shape index (κ2) is 10.7. The van der Waals surface area contributed by atoms with Crippen LogP contribution in [0.5, 0.6) is 5.75 Å². The van der Waals surface area contributed by atoms with Crippen molar-refractivity contribution in [3.8, 4) is 5.75 Å². The first-order valence-electron chi connectivity index (χ1n) is 12.7. The fraction of sp³-hybridized carbons (Fsp3) is 0.630. The molecule has 1 aromatic carbocycles. The number of fused-ring (bicyclic) bond motifs is 3. The number of ketones is 1. The number of anilines is 1. The van der Waals surface area contributed by atoms with Crippen LogP contribution in [0.15, 0.2) is 18.2 Å². The first-order valence-corrected chi connectivity index (χ1v) is 12.7. The molecule has 37 heavy (non-hydrogen) atoms. The van der Waals surface area contributed by atoms with E-state index in [1.165, 1.54) is 18.9 Å². The molecule has 0 spiro atoms. The Morgan fingerprint density at radius 2 is 1.86 bits per heavy atom. The summed E-state index contributed by atoms with van der Waals surface area (Å²) in [5.74, 6) is -1.65. The highest BCUT2D eigenvalue weighted by Gasteiger charge is 2.57. The topological polar surface area (TPSA) is 112 Å². The molecule has 4 atom stereocenters. The number of cyclic esters (lactones) is 1. The van der Waals surface area contributed by atoms with Gasteiger partial charge in [0.15, 0.2) is 5.78 Å². The van der Waals surface area contributed by atoms with Crippen LogP contribution < -0.4 is 9.64 Å². The van der Waals surface area contributed by atoms with Gasteiger partial charge in [-0.2, -0.15) is 0 Å². The number of nitrogens with zero attached hydrogens (tertiary/aromatic N) is 2. The van der Waals surface area contributed by atoms with Crippen molar-refractivity contribution in [3.63, 3.8) is 0 Å². The number of piperidine rings is 1. The number of carbonyl (C=O) groups excluding carboxylic acids is 4. The molecule has 1 aromatic rings. The highest BCUT2D eigenvalue weighted by atomic mass is 16.6. The fourth-order valence-corrected chi connectivity index (χ4v) is 5.48. The molecule has 2 heterocycles. The molecule has 3 aliphatic rings. The summed E-state index contributed by atoms with van der Waals surface area (Å²) in [6.07, 6.45) is 1.07. The number of rotatable bonds is 8. The first-order chi connectivity index (χ1) is 17.6. The largest absolute Gasteiger partial charge is 0.493 e. The number of methoxy groups -OCH3 is 2. The number of ether oxygens (including phenoxy) is 4. The second-order valence-electron chi connectivity index (χ2n) is 10.6. The lowest BCUT2D eigenvalue weighted by molar-refractivity contribution is -0.148. The van der Waals surface area contributed by atoms with Crippen molar-refractivity contribution in [1.29, 1.82) is 0 Å². The number of benzene rings is 1. The minimum atomic E-state index is -0.815. The van der Waals surface area contributed by atoms with Crippen molar-refractivity contribution in [2.24, 2.45) is 17.8 Å². The summed E-state index contributed by atoms with van der Waals surface area (Å²) in [7, 11) is 2.91. The Morgan fingerprint density at radius 1 is 1.11 bits per heavy atom. The van der Waals surface area contributed by atoms with E-state index in [1.807, 2.05) is 13.8 Å². The van der Waals surface area contributed by atoms with Crippen LogP contribution in [0.4, 0.5) is 10.5 Å². The second-order valence-corrected chi connectivity index (χ2v) is 10.6. The molecule has 2 bridgehead atoms.